The molecule has 17 heavy (non-hydrogen) atoms. The van der Waals surface area contributed by atoms with Gasteiger partial charge in [0.2, 0.25) is 0 Å². The van der Waals surface area contributed by atoms with Gasteiger partial charge in [0.05, 0.1) is 0 Å². The van der Waals surface area contributed by atoms with Crippen LogP contribution in [0.25, 0.3) is 0 Å². The Morgan fingerprint density at radius 2 is 1.59 bits per heavy atom. The minimum atomic E-state index is 0.000733. The first kappa shape index (κ1) is 16.5. The Hall–Kier alpha value is -0.530. The van der Waals surface area contributed by atoms with Crippen molar-refractivity contribution in [3.8, 4) is 0 Å². The Morgan fingerprint density at radius 3 is 2.18 bits per heavy atom. The summed E-state index contributed by atoms with van der Waals surface area (Å²) in [5, 5.41) is 0. The molecule has 0 aliphatic heterocycles. The molecule has 0 aromatic carbocycles. The molecule has 0 saturated carbocycles. The molecule has 1 atom stereocenters. The summed E-state index contributed by atoms with van der Waals surface area (Å²) in [5.41, 5.74) is 0. The second kappa shape index (κ2) is 11.9. The molecule has 2 nitrogen and oxygen atoms in total. The van der Waals surface area contributed by atoms with E-state index in [4.69, 9.17) is 4.74 Å². The first-order chi connectivity index (χ1) is 8.24. The van der Waals surface area contributed by atoms with Gasteiger partial charge in [-0.2, -0.15) is 0 Å². The highest BCUT2D eigenvalue weighted by Gasteiger charge is 2.10. The van der Waals surface area contributed by atoms with Gasteiger partial charge in [0.15, 0.2) is 0 Å². The van der Waals surface area contributed by atoms with E-state index >= 15 is 0 Å². The molecule has 0 spiro atoms. The molecule has 0 rings (SSSR count). The summed E-state index contributed by atoms with van der Waals surface area (Å²) in [4.78, 5) is 11.6. The maximum Gasteiger partial charge on any atom is 0.306 e. The average Bonchev–Trinajstić information content (AvgIpc) is 2.33. The minimum absolute atomic E-state index is 0.000733. The molecule has 0 amide bonds. The van der Waals surface area contributed by atoms with Crippen molar-refractivity contribution in [2.45, 2.75) is 91.1 Å². The van der Waals surface area contributed by atoms with E-state index in [-0.39, 0.29) is 12.1 Å². The molecule has 0 radical (unpaired) electrons. The van der Waals surface area contributed by atoms with Crippen LogP contribution in [0.3, 0.4) is 0 Å². The normalized spacial score (nSPS) is 12.4. The van der Waals surface area contributed by atoms with Crippen LogP contribution < -0.4 is 0 Å². The van der Waals surface area contributed by atoms with Crippen molar-refractivity contribution in [3.05, 3.63) is 0 Å². The molecule has 1 unspecified atom stereocenters. The van der Waals surface area contributed by atoms with E-state index < -0.39 is 0 Å². The summed E-state index contributed by atoms with van der Waals surface area (Å²) in [6.07, 6.45) is 11.1. The molecule has 0 aliphatic rings. The lowest BCUT2D eigenvalue weighted by molar-refractivity contribution is -0.149. The van der Waals surface area contributed by atoms with Crippen molar-refractivity contribution in [2.24, 2.45) is 0 Å². The zero-order chi connectivity index (χ0) is 12.9. The fourth-order valence-corrected chi connectivity index (χ4v) is 1.96. The van der Waals surface area contributed by atoms with Crippen molar-refractivity contribution >= 4 is 5.97 Å². The molecular formula is C15H30O2. The van der Waals surface area contributed by atoms with Gasteiger partial charge in [0.1, 0.15) is 6.10 Å². The minimum Gasteiger partial charge on any atom is -0.462 e. The lowest BCUT2D eigenvalue weighted by Crippen LogP contribution is -2.16. The van der Waals surface area contributed by atoms with Crippen molar-refractivity contribution in [1.82, 2.24) is 0 Å². The number of unbranched alkanes of at least 4 members (excludes halogenated alkanes) is 5. The summed E-state index contributed by atoms with van der Waals surface area (Å²) in [5.74, 6) is 0.000733. The lowest BCUT2D eigenvalue weighted by atomic mass is 10.1. The Labute approximate surface area is 107 Å². The third-order valence-corrected chi connectivity index (χ3v) is 3.10. The van der Waals surface area contributed by atoms with Crippen LogP contribution in [0.15, 0.2) is 0 Å². The maximum absolute atomic E-state index is 11.6. The Morgan fingerprint density at radius 1 is 0.941 bits per heavy atom. The molecule has 0 aliphatic carbocycles. The van der Waals surface area contributed by atoms with E-state index in [0.717, 1.165) is 25.7 Å². The van der Waals surface area contributed by atoms with Crippen molar-refractivity contribution in [1.29, 1.82) is 0 Å². The molecule has 0 aromatic rings. The molecule has 102 valence electrons. The van der Waals surface area contributed by atoms with Crippen LogP contribution in [-0.4, -0.2) is 12.1 Å². The molecule has 0 N–H and O–H groups in total. The van der Waals surface area contributed by atoms with Gasteiger partial charge in [-0.15, -0.1) is 0 Å². The lowest BCUT2D eigenvalue weighted by Gasteiger charge is -2.15. The summed E-state index contributed by atoms with van der Waals surface area (Å²) in [7, 11) is 0. The van der Waals surface area contributed by atoms with Crippen molar-refractivity contribution in [3.63, 3.8) is 0 Å². The second-order valence-corrected chi connectivity index (χ2v) is 4.83. The molecule has 0 saturated heterocycles. The van der Waals surface area contributed by atoms with E-state index in [1.54, 1.807) is 0 Å². The van der Waals surface area contributed by atoms with Gasteiger partial charge >= 0.3 is 5.97 Å². The molecule has 0 aromatic heterocycles. The fraction of sp³-hybridized carbons (Fsp3) is 0.933. The van der Waals surface area contributed by atoms with E-state index in [1.807, 2.05) is 0 Å². The zero-order valence-electron chi connectivity index (χ0n) is 12.0. The van der Waals surface area contributed by atoms with E-state index in [0.29, 0.717) is 6.42 Å². The van der Waals surface area contributed by atoms with Crippen LogP contribution in [0.5, 0.6) is 0 Å². The maximum atomic E-state index is 11.6. The first-order valence-electron chi connectivity index (χ1n) is 7.44. The number of esters is 1. The number of hydrogen-bond donors (Lipinski definition) is 0. The molecule has 0 heterocycles. The van der Waals surface area contributed by atoms with Crippen LogP contribution >= 0.6 is 0 Å². The highest BCUT2D eigenvalue weighted by atomic mass is 16.5. The predicted molar refractivity (Wildman–Crippen MR) is 73.1 cm³/mol. The second-order valence-electron chi connectivity index (χ2n) is 4.83. The monoisotopic (exact) mass is 242 g/mol. The highest BCUT2D eigenvalue weighted by molar-refractivity contribution is 5.69. The summed E-state index contributed by atoms with van der Waals surface area (Å²) >= 11 is 0. The molecule has 0 bridgehead atoms. The van der Waals surface area contributed by atoms with Crippen LogP contribution in [-0.2, 0) is 9.53 Å². The van der Waals surface area contributed by atoms with Gasteiger partial charge in [0, 0.05) is 6.42 Å². The van der Waals surface area contributed by atoms with E-state index in [9.17, 15) is 4.79 Å². The predicted octanol–water partition coefficient (Wildman–Crippen LogP) is 4.86. The van der Waals surface area contributed by atoms with Crippen molar-refractivity contribution < 1.29 is 9.53 Å². The largest absolute Gasteiger partial charge is 0.462 e. The van der Waals surface area contributed by atoms with Crippen LogP contribution in [0, 0.1) is 0 Å². The van der Waals surface area contributed by atoms with Crippen LogP contribution in [0.2, 0.25) is 0 Å². The van der Waals surface area contributed by atoms with E-state index in [2.05, 4.69) is 20.8 Å². The molecular weight excluding hydrogens is 212 g/mol. The summed E-state index contributed by atoms with van der Waals surface area (Å²) in [6, 6.07) is 0. The fourth-order valence-electron chi connectivity index (χ4n) is 1.96. The number of carbonyl (C=O) groups is 1. The smallest absolute Gasteiger partial charge is 0.306 e. The van der Waals surface area contributed by atoms with Crippen molar-refractivity contribution in [2.75, 3.05) is 0 Å². The first-order valence-corrected chi connectivity index (χ1v) is 7.44. The third kappa shape index (κ3) is 10.3. The standard InChI is InChI=1S/C15H30O2/c1-4-7-8-9-10-11-13-15(16)17-14(6-3)12-5-2/h14H,4-13H2,1-3H3. The summed E-state index contributed by atoms with van der Waals surface area (Å²) in [6.45, 7) is 6.43. The van der Waals surface area contributed by atoms with Gasteiger partial charge in [0.25, 0.3) is 0 Å². The SMILES string of the molecule is CCCCCCCCC(=O)OC(CC)CCC. The number of rotatable bonds is 11. The van der Waals surface area contributed by atoms with Gasteiger partial charge < -0.3 is 4.74 Å². The van der Waals surface area contributed by atoms with Crippen LogP contribution in [0.4, 0.5) is 0 Å². The number of hydrogen-bond acceptors (Lipinski definition) is 2. The van der Waals surface area contributed by atoms with E-state index in [1.165, 1.54) is 32.1 Å². The Kier molecular flexibility index (Phi) is 11.6. The van der Waals surface area contributed by atoms with Gasteiger partial charge in [-0.3, -0.25) is 4.79 Å². The Bertz CT molecular complexity index is 178. The van der Waals surface area contributed by atoms with Gasteiger partial charge in [-0.25, -0.2) is 0 Å². The van der Waals surface area contributed by atoms with Gasteiger partial charge in [-0.05, 0) is 19.3 Å². The Balaban J connectivity index is 3.44. The number of carbonyl (C=O) groups excluding carboxylic acids is 1. The zero-order valence-corrected chi connectivity index (χ0v) is 12.0. The molecule has 2 heteroatoms. The van der Waals surface area contributed by atoms with Gasteiger partial charge in [-0.1, -0.05) is 59.3 Å². The third-order valence-electron chi connectivity index (χ3n) is 3.10. The quantitative estimate of drug-likeness (QED) is 0.382. The molecule has 0 fully saturated rings. The number of ether oxygens (including phenoxy) is 1. The highest BCUT2D eigenvalue weighted by Crippen LogP contribution is 2.11. The average molecular weight is 242 g/mol. The topological polar surface area (TPSA) is 26.3 Å². The van der Waals surface area contributed by atoms with Crippen LogP contribution in [0.1, 0.15) is 85.0 Å². The summed E-state index contributed by atoms with van der Waals surface area (Å²) < 4.78 is 5.43.